The van der Waals surface area contributed by atoms with Crippen molar-refractivity contribution in [3.8, 4) is 0 Å². The molecule has 1 fully saturated rings. The Hall–Kier alpha value is -0.830. The molecule has 1 aromatic carbocycles. The second kappa shape index (κ2) is 6.93. The molecule has 0 saturated carbocycles. The quantitative estimate of drug-likeness (QED) is 0.779. The number of aromatic nitrogens is 1. The van der Waals surface area contributed by atoms with Crippen LogP contribution >= 0.6 is 23.2 Å². The van der Waals surface area contributed by atoms with Crippen molar-refractivity contribution in [1.29, 1.82) is 0 Å². The van der Waals surface area contributed by atoms with Crippen LogP contribution in [0.15, 0.2) is 30.5 Å². The van der Waals surface area contributed by atoms with Gasteiger partial charge in [-0.15, -0.1) is 0 Å². The predicted molar refractivity (Wildman–Crippen MR) is 78.5 cm³/mol. The van der Waals surface area contributed by atoms with Crippen LogP contribution in [0.25, 0.3) is 10.9 Å². The highest BCUT2D eigenvalue weighted by Gasteiger charge is 1.98. The lowest BCUT2D eigenvalue weighted by molar-refractivity contribution is 0.520. The topological polar surface area (TPSA) is 24.9 Å². The molecule has 0 amide bonds. The molecule has 1 N–H and O–H groups in total. The van der Waals surface area contributed by atoms with E-state index in [0.29, 0.717) is 10.0 Å². The zero-order valence-corrected chi connectivity index (χ0v) is 11.6. The first-order chi connectivity index (χ1) is 8.77. The Kier molecular flexibility index (Phi) is 5.24. The van der Waals surface area contributed by atoms with Crippen LogP contribution in [0.2, 0.25) is 10.0 Å². The van der Waals surface area contributed by atoms with E-state index in [2.05, 4.69) is 10.3 Å². The molecule has 2 heterocycles. The Labute approximate surface area is 117 Å². The first kappa shape index (κ1) is 13.6. The molecule has 3 rings (SSSR count). The van der Waals surface area contributed by atoms with Crippen LogP contribution in [-0.4, -0.2) is 18.1 Å². The molecule has 1 aromatic heterocycles. The summed E-state index contributed by atoms with van der Waals surface area (Å²) < 4.78 is 0. The van der Waals surface area contributed by atoms with Crippen LogP contribution < -0.4 is 5.32 Å². The van der Waals surface area contributed by atoms with Gasteiger partial charge in [-0.25, -0.2) is 0 Å². The lowest BCUT2D eigenvalue weighted by Crippen LogP contribution is -2.21. The Morgan fingerprint density at radius 2 is 1.78 bits per heavy atom. The number of piperidine rings is 1. The summed E-state index contributed by atoms with van der Waals surface area (Å²) in [6.07, 6.45) is 5.88. The number of hydrogen-bond donors (Lipinski definition) is 1. The summed E-state index contributed by atoms with van der Waals surface area (Å²) in [6.45, 7) is 2.50. The number of benzene rings is 1. The number of pyridine rings is 1. The molecule has 0 atom stereocenters. The van der Waals surface area contributed by atoms with E-state index < -0.39 is 0 Å². The van der Waals surface area contributed by atoms with E-state index in [9.17, 15) is 0 Å². The summed E-state index contributed by atoms with van der Waals surface area (Å²) in [6, 6.07) is 7.23. The number of nitrogens with zero attached hydrogens (tertiary/aromatic N) is 1. The van der Waals surface area contributed by atoms with Crippen LogP contribution in [0.4, 0.5) is 0 Å². The Bertz CT molecular complexity index is 499. The molecule has 0 radical (unpaired) electrons. The molecule has 0 bridgehead atoms. The third kappa shape index (κ3) is 3.84. The predicted octanol–water partition coefficient (Wildman–Crippen LogP) is 4.30. The molecule has 0 aliphatic carbocycles. The van der Waals surface area contributed by atoms with E-state index in [4.69, 9.17) is 23.2 Å². The van der Waals surface area contributed by atoms with Gasteiger partial charge >= 0.3 is 0 Å². The van der Waals surface area contributed by atoms with E-state index >= 15 is 0 Å². The minimum Gasteiger partial charge on any atom is -0.317 e. The molecule has 0 unspecified atom stereocenters. The fourth-order valence-electron chi connectivity index (χ4n) is 1.89. The third-order valence-electron chi connectivity index (χ3n) is 2.86. The van der Waals surface area contributed by atoms with Gasteiger partial charge in [0.25, 0.3) is 0 Å². The number of fused-ring (bicyclic) bond motifs is 1. The summed E-state index contributed by atoms with van der Waals surface area (Å²) in [7, 11) is 0. The van der Waals surface area contributed by atoms with Crippen LogP contribution in [-0.2, 0) is 0 Å². The van der Waals surface area contributed by atoms with Gasteiger partial charge in [0.15, 0.2) is 0 Å². The summed E-state index contributed by atoms with van der Waals surface area (Å²) in [5, 5.41) is 5.60. The largest absolute Gasteiger partial charge is 0.317 e. The molecule has 96 valence electrons. The summed E-state index contributed by atoms with van der Waals surface area (Å²) >= 11 is 11.7. The van der Waals surface area contributed by atoms with Gasteiger partial charge in [0, 0.05) is 16.6 Å². The first-order valence-corrected chi connectivity index (χ1v) is 6.93. The van der Waals surface area contributed by atoms with Gasteiger partial charge in [-0.05, 0) is 50.2 Å². The molecule has 18 heavy (non-hydrogen) atoms. The summed E-state index contributed by atoms with van der Waals surface area (Å²) in [5.74, 6) is 0. The standard InChI is InChI=1S/C9H5Cl2N.C5H11N/c10-6-1-2-7-8(11)3-4-12-9(7)5-6;1-2-4-6-5-3-1/h1-5H;6H,1-5H2. The number of hydrogen-bond acceptors (Lipinski definition) is 2. The molecular formula is C14H16Cl2N2. The summed E-state index contributed by atoms with van der Waals surface area (Å²) in [4.78, 5) is 4.13. The Balaban J connectivity index is 0.000000169. The van der Waals surface area contributed by atoms with Crippen molar-refractivity contribution in [3.63, 3.8) is 0 Å². The Morgan fingerprint density at radius 1 is 1.00 bits per heavy atom. The first-order valence-electron chi connectivity index (χ1n) is 6.18. The molecule has 1 saturated heterocycles. The highest BCUT2D eigenvalue weighted by molar-refractivity contribution is 6.36. The molecule has 2 nitrogen and oxygen atoms in total. The molecule has 4 heteroatoms. The molecule has 1 aliphatic rings. The van der Waals surface area contributed by atoms with Crippen molar-refractivity contribution in [2.24, 2.45) is 0 Å². The van der Waals surface area contributed by atoms with Gasteiger partial charge in [-0.2, -0.15) is 0 Å². The minimum absolute atomic E-state index is 0.678. The third-order valence-corrected chi connectivity index (χ3v) is 3.42. The van der Waals surface area contributed by atoms with Crippen molar-refractivity contribution in [1.82, 2.24) is 10.3 Å². The number of rotatable bonds is 0. The Morgan fingerprint density at radius 3 is 2.39 bits per heavy atom. The van der Waals surface area contributed by atoms with Gasteiger partial charge in [0.1, 0.15) is 0 Å². The molecule has 2 aromatic rings. The lowest BCUT2D eigenvalue weighted by Gasteiger charge is -2.08. The summed E-state index contributed by atoms with van der Waals surface area (Å²) in [5.41, 5.74) is 0.829. The smallest absolute Gasteiger partial charge is 0.0731 e. The van der Waals surface area contributed by atoms with E-state index in [1.54, 1.807) is 24.4 Å². The highest BCUT2D eigenvalue weighted by Crippen LogP contribution is 2.23. The van der Waals surface area contributed by atoms with Crippen molar-refractivity contribution < 1.29 is 0 Å². The van der Waals surface area contributed by atoms with E-state index in [1.165, 1.54) is 32.4 Å². The van der Waals surface area contributed by atoms with Crippen LogP contribution in [0.5, 0.6) is 0 Å². The maximum Gasteiger partial charge on any atom is 0.0731 e. The van der Waals surface area contributed by atoms with Gasteiger partial charge in [-0.3, -0.25) is 4.98 Å². The van der Waals surface area contributed by atoms with Crippen molar-refractivity contribution >= 4 is 34.1 Å². The monoisotopic (exact) mass is 282 g/mol. The average molecular weight is 283 g/mol. The van der Waals surface area contributed by atoms with Crippen molar-refractivity contribution in [3.05, 3.63) is 40.5 Å². The van der Waals surface area contributed by atoms with Gasteiger partial charge in [0.2, 0.25) is 0 Å². The average Bonchev–Trinajstić information content (AvgIpc) is 2.41. The normalized spacial score (nSPS) is 15.0. The van der Waals surface area contributed by atoms with Gasteiger partial charge < -0.3 is 5.32 Å². The van der Waals surface area contributed by atoms with E-state index in [1.807, 2.05) is 6.07 Å². The SMILES string of the molecule is C1CCNCC1.Clc1ccc2c(Cl)ccnc2c1. The number of halogens is 2. The van der Waals surface area contributed by atoms with Crippen molar-refractivity contribution in [2.45, 2.75) is 19.3 Å². The second-order valence-corrected chi connectivity index (χ2v) is 5.11. The van der Waals surface area contributed by atoms with E-state index in [0.717, 1.165) is 10.9 Å². The van der Waals surface area contributed by atoms with Gasteiger partial charge in [-0.1, -0.05) is 29.6 Å². The fourth-order valence-corrected chi connectivity index (χ4v) is 2.27. The number of nitrogens with one attached hydrogen (secondary N) is 1. The van der Waals surface area contributed by atoms with Crippen molar-refractivity contribution in [2.75, 3.05) is 13.1 Å². The maximum atomic E-state index is 5.93. The van der Waals surface area contributed by atoms with E-state index in [-0.39, 0.29) is 0 Å². The highest BCUT2D eigenvalue weighted by atomic mass is 35.5. The molecular weight excluding hydrogens is 267 g/mol. The van der Waals surface area contributed by atoms with Crippen LogP contribution in [0.3, 0.4) is 0 Å². The molecule has 1 aliphatic heterocycles. The maximum absolute atomic E-state index is 5.93. The van der Waals surface area contributed by atoms with Crippen LogP contribution in [0.1, 0.15) is 19.3 Å². The zero-order valence-electron chi connectivity index (χ0n) is 10.1. The van der Waals surface area contributed by atoms with Crippen LogP contribution in [0, 0.1) is 0 Å². The minimum atomic E-state index is 0.678. The zero-order chi connectivity index (χ0) is 12.8. The fraction of sp³-hybridized carbons (Fsp3) is 0.357. The second-order valence-electron chi connectivity index (χ2n) is 4.26. The van der Waals surface area contributed by atoms with Gasteiger partial charge in [0.05, 0.1) is 10.5 Å². The lowest BCUT2D eigenvalue weighted by atomic mass is 10.2. The molecule has 0 spiro atoms.